The Labute approximate surface area is 203 Å². The van der Waals surface area contributed by atoms with Crippen molar-refractivity contribution in [3.05, 3.63) is 46.4 Å². The van der Waals surface area contributed by atoms with Crippen LogP contribution in [0.2, 0.25) is 0 Å². The maximum atomic E-state index is 13.8. The first-order valence-electron chi connectivity index (χ1n) is 11.3. The van der Waals surface area contributed by atoms with Gasteiger partial charge in [-0.05, 0) is 24.3 Å². The van der Waals surface area contributed by atoms with Crippen molar-refractivity contribution in [3.63, 3.8) is 0 Å². The van der Waals surface area contributed by atoms with Crippen LogP contribution in [0.15, 0.2) is 34.1 Å². The van der Waals surface area contributed by atoms with E-state index in [1.165, 1.54) is 40.7 Å². The van der Waals surface area contributed by atoms with Crippen molar-refractivity contribution in [2.75, 3.05) is 50.9 Å². The number of hydrogen-bond acceptors (Lipinski definition) is 6. The normalized spacial score (nSPS) is 15.3. The minimum absolute atomic E-state index is 0.0174. The van der Waals surface area contributed by atoms with Gasteiger partial charge in [0.25, 0.3) is 15.8 Å². The van der Waals surface area contributed by atoms with Gasteiger partial charge in [-0.15, -0.1) is 11.8 Å². The largest absolute Gasteiger partial charge is 0.367 e. The molecule has 1 aliphatic heterocycles. The number of rotatable bonds is 10. The van der Waals surface area contributed by atoms with E-state index in [0.29, 0.717) is 23.7 Å². The molecule has 1 saturated heterocycles. The Morgan fingerprint density at radius 2 is 1.68 bits per heavy atom. The van der Waals surface area contributed by atoms with Gasteiger partial charge in [-0.25, -0.2) is 8.78 Å². The molecular formula is C22H31F2N5O3S2. The van der Waals surface area contributed by atoms with Crippen LogP contribution in [-0.4, -0.2) is 72.8 Å². The zero-order valence-electron chi connectivity index (χ0n) is 19.7. The van der Waals surface area contributed by atoms with Crippen LogP contribution in [-0.2, 0) is 10.2 Å². The third-order valence-corrected chi connectivity index (χ3v) is 8.72. The molecule has 0 radical (unpaired) electrons. The lowest BCUT2D eigenvalue weighted by Gasteiger charge is -2.36. The lowest BCUT2D eigenvalue weighted by molar-refractivity contribution is 0.355. The van der Waals surface area contributed by atoms with Crippen LogP contribution in [0.25, 0.3) is 5.69 Å². The number of halogens is 2. The van der Waals surface area contributed by atoms with E-state index in [9.17, 15) is 22.0 Å². The molecule has 12 heteroatoms. The quantitative estimate of drug-likeness (QED) is 0.357. The first-order chi connectivity index (χ1) is 16.1. The molecule has 0 amide bonds. The van der Waals surface area contributed by atoms with Gasteiger partial charge in [0.05, 0.1) is 22.5 Å². The molecule has 0 bridgehead atoms. The van der Waals surface area contributed by atoms with Gasteiger partial charge in [0.15, 0.2) is 0 Å². The predicted molar refractivity (Wildman–Crippen MR) is 131 cm³/mol. The molecule has 1 aliphatic rings. The summed E-state index contributed by atoms with van der Waals surface area (Å²) < 4.78 is 56.0. The van der Waals surface area contributed by atoms with E-state index < -0.39 is 27.4 Å². The fourth-order valence-electron chi connectivity index (χ4n) is 3.73. The molecule has 1 aromatic heterocycles. The molecule has 0 spiro atoms. The van der Waals surface area contributed by atoms with Crippen LogP contribution in [0, 0.1) is 11.6 Å². The molecule has 0 saturated carbocycles. The van der Waals surface area contributed by atoms with Crippen LogP contribution in [0.4, 0.5) is 14.5 Å². The highest BCUT2D eigenvalue weighted by molar-refractivity contribution is 7.99. The van der Waals surface area contributed by atoms with Gasteiger partial charge in [-0.1, -0.05) is 26.2 Å². The third kappa shape index (κ3) is 6.15. The Bertz CT molecular complexity index is 1130. The summed E-state index contributed by atoms with van der Waals surface area (Å²) in [6.07, 6.45) is 5.72. The first-order valence-corrected chi connectivity index (χ1v) is 13.7. The number of thioether (sulfide) groups is 1. The van der Waals surface area contributed by atoms with Gasteiger partial charge >= 0.3 is 0 Å². The van der Waals surface area contributed by atoms with Crippen molar-refractivity contribution in [1.29, 1.82) is 0 Å². The molecule has 1 aromatic carbocycles. The van der Waals surface area contributed by atoms with Crippen molar-refractivity contribution < 1.29 is 17.2 Å². The predicted octanol–water partition coefficient (Wildman–Crippen LogP) is 3.11. The van der Waals surface area contributed by atoms with Crippen molar-refractivity contribution in [3.8, 4) is 5.69 Å². The second-order valence-electron chi connectivity index (χ2n) is 8.29. The zero-order chi connectivity index (χ0) is 24.9. The summed E-state index contributed by atoms with van der Waals surface area (Å²) in [7, 11) is -0.528. The summed E-state index contributed by atoms with van der Waals surface area (Å²) in [6, 6.07) is 2.88. The standard InChI is InChI=1S/C22H31F2N5O3S2/c1-4-5-6-7-12-33-21-20(27-8-10-28(11-9-27)34(31,32)26(2)3)16-25-29(22(21)30)19-14-17(23)13-18(24)15-19/h13-16H,4-12H2,1-3H3. The summed E-state index contributed by atoms with van der Waals surface area (Å²) in [4.78, 5) is 15.8. The fourth-order valence-corrected chi connectivity index (χ4v) is 5.91. The molecule has 3 rings (SSSR count). The SMILES string of the molecule is CCCCCCSc1c(N2CCN(S(=O)(=O)N(C)C)CC2)cnn(-c2cc(F)cc(F)c2)c1=O. The van der Waals surface area contributed by atoms with Gasteiger partial charge in [0, 0.05) is 46.3 Å². The molecule has 188 valence electrons. The summed E-state index contributed by atoms with van der Waals surface area (Å²) >= 11 is 1.40. The van der Waals surface area contributed by atoms with Crippen LogP contribution in [0.3, 0.4) is 0 Å². The monoisotopic (exact) mass is 515 g/mol. The van der Waals surface area contributed by atoms with E-state index in [1.54, 1.807) is 0 Å². The van der Waals surface area contributed by atoms with Crippen molar-refractivity contribution in [2.45, 2.75) is 37.5 Å². The van der Waals surface area contributed by atoms with E-state index in [1.807, 2.05) is 4.90 Å². The summed E-state index contributed by atoms with van der Waals surface area (Å²) in [6.45, 7) is 3.48. The number of hydrogen-bond donors (Lipinski definition) is 0. The molecule has 0 aliphatic carbocycles. The van der Waals surface area contributed by atoms with Crippen molar-refractivity contribution >= 4 is 27.7 Å². The number of aromatic nitrogens is 2. The molecular weight excluding hydrogens is 484 g/mol. The summed E-state index contributed by atoms with van der Waals surface area (Å²) in [5.74, 6) is -0.863. The van der Waals surface area contributed by atoms with E-state index >= 15 is 0 Å². The molecule has 8 nitrogen and oxygen atoms in total. The summed E-state index contributed by atoms with van der Waals surface area (Å²) in [5.41, 5.74) is 0.177. The summed E-state index contributed by atoms with van der Waals surface area (Å²) in [5, 5.41) is 4.20. The molecule has 1 fully saturated rings. The van der Waals surface area contributed by atoms with Crippen molar-refractivity contribution in [2.24, 2.45) is 0 Å². The second kappa shape index (κ2) is 11.6. The third-order valence-electron chi connectivity index (χ3n) is 5.62. The zero-order valence-corrected chi connectivity index (χ0v) is 21.3. The number of piperazine rings is 1. The molecule has 2 aromatic rings. The maximum absolute atomic E-state index is 13.8. The van der Waals surface area contributed by atoms with Crippen LogP contribution >= 0.6 is 11.8 Å². The smallest absolute Gasteiger partial charge is 0.287 e. The number of unbranched alkanes of at least 4 members (excludes halogenated alkanes) is 3. The van der Waals surface area contributed by atoms with Gasteiger partial charge in [-0.2, -0.15) is 26.8 Å². The molecule has 0 N–H and O–H groups in total. The van der Waals surface area contributed by atoms with Gasteiger partial charge < -0.3 is 4.90 Å². The van der Waals surface area contributed by atoms with Crippen LogP contribution in [0.1, 0.15) is 32.6 Å². The Balaban J connectivity index is 1.90. The van der Waals surface area contributed by atoms with E-state index in [-0.39, 0.29) is 18.8 Å². The number of benzene rings is 1. The number of nitrogens with zero attached hydrogens (tertiary/aromatic N) is 5. The Morgan fingerprint density at radius 1 is 1.03 bits per heavy atom. The van der Waals surface area contributed by atoms with E-state index in [4.69, 9.17) is 0 Å². The topological polar surface area (TPSA) is 78.8 Å². The van der Waals surface area contributed by atoms with Gasteiger partial charge in [0.1, 0.15) is 11.6 Å². The first kappa shape index (κ1) is 26.6. The van der Waals surface area contributed by atoms with Crippen molar-refractivity contribution in [1.82, 2.24) is 18.4 Å². The highest BCUT2D eigenvalue weighted by atomic mass is 32.2. The Morgan fingerprint density at radius 3 is 2.26 bits per heavy atom. The minimum atomic E-state index is -3.52. The lowest BCUT2D eigenvalue weighted by atomic mass is 10.2. The molecule has 0 atom stereocenters. The average Bonchev–Trinajstić information content (AvgIpc) is 2.79. The Hall–Kier alpha value is -2.02. The maximum Gasteiger partial charge on any atom is 0.287 e. The number of anilines is 1. The van der Waals surface area contributed by atoms with E-state index in [0.717, 1.165) is 54.3 Å². The van der Waals surface area contributed by atoms with Gasteiger partial charge in [-0.3, -0.25) is 4.79 Å². The molecule has 0 unspecified atom stereocenters. The van der Waals surface area contributed by atoms with Crippen LogP contribution < -0.4 is 10.5 Å². The highest BCUT2D eigenvalue weighted by Gasteiger charge is 2.30. The van der Waals surface area contributed by atoms with Gasteiger partial charge in [0.2, 0.25) is 0 Å². The minimum Gasteiger partial charge on any atom is -0.367 e. The van der Waals surface area contributed by atoms with Crippen LogP contribution in [0.5, 0.6) is 0 Å². The fraction of sp³-hybridized carbons (Fsp3) is 0.545. The molecule has 2 heterocycles. The lowest BCUT2D eigenvalue weighted by Crippen LogP contribution is -2.52. The van der Waals surface area contributed by atoms with E-state index in [2.05, 4.69) is 12.0 Å². The second-order valence-corrected chi connectivity index (χ2v) is 11.5. The average molecular weight is 516 g/mol. The highest BCUT2D eigenvalue weighted by Crippen LogP contribution is 2.29. The Kier molecular flexibility index (Phi) is 9.07. The molecule has 34 heavy (non-hydrogen) atoms.